The zero-order chi connectivity index (χ0) is 19.1. The number of benzene rings is 2. The van der Waals surface area contributed by atoms with Crippen LogP contribution in [0.15, 0.2) is 42.5 Å². The Labute approximate surface area is 155 Å². The summed E-state index contributed by atoms with van der Waals surface area (Å²) in [6.45, 7) is 0. The molecule has 1 aliphatic carbocycles. The first-order valence-corrected chi connectivity index (χ1v) is 8.69. The summed E-state index contributed by atoms with van der Waals surface area (Å²) in [4.78, 5) is 29.5. The van der Waals surface area contributed by atoms with Gasteiger partial charge in [-0.1, -0.05) is 0 Å². The Kier molecular flexibility index (Phi) is 4.07. The van der Waals surface area contributed by atoms with Crippen LogP contribution in [0.5, 0.6) is 0 Å². The minimum Gasteiger partial charge on any atom is -0.385 e. The smallest absolute Gasteiger partial charge is 0.258 e. The van der Waals surface area contributed by atoms with Crippen LogP contribution in [0.2, 0.25) is 0 Å². The SMILES string of the molecule is CN(C(=O)c1ccc(F)cc1)c1ccc2c(C(=O)NC3CC3)c(N)[nH]c2c1. The van der Waals surface area contributed by atoms with E-state index in [0.29, 0.717) is 33.5 Å². The highest BCUT2D eigenvalue weighted by Gasteiger charge is 2.26. The molecule has 27 heavy (non-hydrogen) atoms. The quantitative estimate of drug-likeness (QED) is 0.663. The number of hydrogen-bond acceptors (Lipinski definition) is 3. The van der Waals surface area contributed by atoms with Gasteiger partial charge in [-0.2, -0.15) is 0 Å². The average molecular weight is 366 g/mol. The number of amides is 2. The van der Waals surface area contributed by atoms with Crippen LogP contribution in [0.3, 0.4) is 0 Å². The zero-order valence-electron chi connectivity index (χ0n) is 14.8. The molecular weight excluding hydrogens is 347 g/mol. The summed E-state index contributed by atoms with van der Waals surface area (Å²) in [6.07, 6.45) is 1.99. The Morgan fingerprint density at radius 3 is 2.56 bits per heavy atom. The van der Waals surface area contributed by atoms with E-state index in [1.807, 2.05) is 0 Å². The maximum atomic E-state index is 13.1. The number of carbonyl (C=O) groups excluding carboxylic acids is 2. The number of anilines is 2. The largest absolute Gasteiger partial charge is 0.385 e. The zero-order valence-corrected chi connectivity index (χ0v) is 14.8. The number of H-pyrrole nitrogens is 1. The number of nitrogens with two attached hydrogens (primary N) is 1. The Morgan fingerprint density at radius 2 is 1.89 bits per heavy atom. The van der Waals surface area contributed by atoms with E-state index in [9.17, 15) is 14.0 Å². The number of carbonyl (C=O) groups is 2. The lowest BCUT2D eigenvalue weighted by Crippen LogP contribution is -2.26. The van der Waals surface area contributed by atoms with Crippen molar-refractivity contribution in [2.24, 2.45) is 0 Å². The van der Waals surface area contributed by atoms with E-state index in [1.165, 1.54) is 29.2 Å². The number of aromatic nitrogens is 1. The fourth-order valence-corrected chi connectivity index (χ4v) is 3.05. The molecule has 0 unspecified atom stereocenters. The third-order valence-electron chi connectivity index (χ3n) is 4.73. The molecule has 4 rings (SSSR count). The normalized spacial score (nSPS) is 13.6. The van der Waals surface area contributed by atoms with Crippen LogP contribution in [0.25, 0.3) is 10.9 Å². The van der Waals surface area contributed by atoms with Crippen LogP contribution >= 0.6 is 0 Å². The predicted octanol–water partition coefficient (Wildman–Crippen LogP) is 3.06. The van der Waals surface area contributed by atoms with Gasteiger partial charge in [0.25, 0.3) is 11.8 Å². The van der Waals surface area contributed by atoms with Crippen molar-refractivity contribution in [1.29, 1.82) is 0 Å². The van der Waals surface area contributed by atoms with Gasteiger partial charge in [-0.15, -0.1) is 0 Å². The number of fused-ring (bicyclic) bond motifs is 1. The van der Waals surface area contributed by atoms with E-state index in [-0.39, 0.29) is 17.9 Å². The monoisotopic (exact) mass is 366 g/mol. The molecule has 2 aromatic carbocycles. The second-order valence-electron chi connectivity index (χ2n) is 6.76. The Morgan fingerprint density at radius 1 is 1.19 bits per heavy atom. The van der Waals surface area contributed by atoms with Crippen molar-refractivity contribution < 1.29 is 14.0 Å². The minimum atomic E-state index is -0.394. The Hall–Kier alpha value is -3.35. The van der Waals surface area contributed by atoms with Crippen LogP contribution in [0.1, 0.15) is 33.6 Å². The molecule has 7 heteroatoms. The lowest BCUT2D eigenvalue weighted by molar-refractivity contribution is 0.0952. The van der Waals surface area contributed by atoms with Crippen molar-refractivity contribution in [1.82, 2.24) is 10.3 Å². The number of halogens is 1. The second-order valence-corrected chi connectivity index (χ2v) is 6.76. The molecule has 1 saturated carbocycles. The van der Waals surface area contributed by atoms with Gasteiger partial charge in [-0.3, -0.25) is 9.59 Å². The van der Waals surface area contributed by atoms with E-state index in [0.717, 1.165) is 12.8 Å². The molecule has 4 N–H and O–H groups in total. The molecule has 0 saturated heterocycles. The summed E-state index contributed by atoms with van der Waals surface area (Å²) in [6, 6.07) is 10.9. The van der Waals surface area contributed by atoms with Crippen LogP contribution < -0.4 is 16.0 Å². The van der Waals surface area contributed by atoms with Gasteiger partial charge >= 0.3 is 0 Å². The predicted molar refractivity (Wildman–Crippen MR) is 102 cm³/mol. The van der Waals surface area contributed by atoms with E-state index in [1.54, 1.807) is 25.2 Å². The van der Waals surface area contributed by atoms with Gasteiger partial charge in [0.1, 0.15) is 11.6 Å². The highest BCUT2D eigenvalue weighted by atomic mass is 19.1. The number of aromatic amines is 1. The van der Waals surface area contributed by atoms with E-state index in [4.69, 9.17) is 5.73 Å². The molecule has 6 nitrogen and oxygen atoms in total. The maximum Gasteiger partial charge on any atom is 0.258 e. The lowest BCUT2D eigenvalue weighted by atomic mass is 10.1. The summed E-state index contributed by atoms with van der Waals surface area (Å²) in [7, 11) is 1.64. The first-order chi connectivity index (χ1) is 12.9. The molecule has 2 amide bonds. The highest BCUT2D eigenvalue weighted by Crippen LogP contribution is 2.29. The van der Waals surface area contributed by atoms with Crippen molar-refractivity contribution in [3.63, 3.8) is 0 Å². The van der Waals surface area contributed by atoms with Crippen molar-refractivity contribution >= 4 is 34.2 Å². The summed E-state index contributed by atoms with van der Waals surface area (Å²) >= 11 is 0. The molecule has 0 spiro atoms. The van der Waals surface area contributed by atoms with Crippen molar-refractivity contribution in [2.75, 3.05) is 17.7 Å². The minimum absolute atomic E-state index is 0.190. The third kappa shape index (κ3) is 3.23. The summed E-state index contributed by atoms with van der Waals surface area (Å²) < 4.78 is 13.1. The molecule has 0 bridgehead atoms. The summed E-state index contributed by atoms with van der Waals surface area (Å²) in [5.74, 6) is -0.548. The lowest BCUT2D eigenvalue weighted by Gasteiger charge is -2.17. The summed E-state index contributed by atoms with van der Waals surface area (Å²) in [5, 5.41) is 3.64. The Balaban J connectivity index is 1.64. The van der Waals surface area contributed by atoms with Gasteiger partial charge in [0.05, 0.1) is 5.56 Å². The summed E-state index contributed by atoms with van der Waals surface area (Å²) in [5.41, 5.74) is 8.12. The van der Waals surface area contributed by atoms with E-state index >= 15 is 0 Å². The van der Waals surface area contributed by atoms with Crippen molar-refractivity contribution in [3.8, 4) is 0 Å². The van der Waals surface area contributed by atoms with Gasteiger partial charge in [-0.05, 0) is 55.3 Å². The fraction of sp³-hybridized carbons (Fsp3) is 0.200. The molecule has 0 aliphatic heterocycles. The Bertz CT molecular complexity index is 1040. The number of nitrogen functional groups attached to an aromatic ring is 1. The molecule has 1 fully saturated rings. The van der Waals surface area contributed by atoms with Crippen LogP contribution in [0, 0.1) is 5.82 Å². The molecule has 3 aromatic rings. The van der Waals surface area contributed by atoms with Gasteiger partial charge < -0.3 is 20.9 Å². The van der Waals surface area contributed by atoms with Crippen LogP contribution in [0.4, 0.5) is 15.9 Å². The second kappa shape index (κ2) is 6.42. The fourth-order valence-electron chi connectivity index (χ4n) is 3.05. The molecular formula is C20H19FN4O2. The van der Waals surface area contributed by atoms with Gasteiger partial charge in [0.15, 0.2) is 0 Å². The molecule has 1 heterocycles. The van der Waals surface area contributed by atoms with Crippen LogP contribution in [-0.4, -0.2) is 29.9 Å². The number of nitrogens with one attached hydrogen (secondary N) is 2. The molecule has 0 atom stereocenters. The van der Waals surface area contributed by atoms with Crippen LogP contribution in [-0.2, 0) is 0 Å². The van der Waals surface area contributed by atoms with E-state index in [2.05, 4.69) is 10.3 Å². The van der Waals surface area contributed by atoms with Crippen molar-refractivity contribution in [2.45, 2.75) is 18.9 Å². The number of rotatable bonds is 4. The standard InChI is InChI=1S/C20H19FN4O2/c1-25(20(27)11-2-4-12(21)5-3-11)14-8-9-15-16(10-14)24-18(22)17(15)19(26)23-13-6-7-13/h2-5,8-10,13,24H,6-7,22H2,1H3,(H,23,26). The van der Waals surface area contributed by atoms with Gasteiger partial charge in [0, 0.05) is 35.2 Å². The highest BCUT2D eigenvalue weighted by molar-refractivity contribution is 6.13. The average Bonchev–Trinajstić information content (AvgIpc) is 3.40. The van der Waals surface area contributed by atoms with Crippen molar-refractivity contribution in [3.05, 3.63) is 59.4 Å². The number of nitrogens with zero attached hydrogens (tertiary/aromatic N) is 1. The number of hydrogen-bond donors (Lipinski definition) is 3. The molecule has 1 aliphatic rings. The first-order valence-electron chi connectivity index (χ1n) is 8.69. The van der Waals surface area contributed by atoms with Gasteiger partial charge in [-0.25, -0.2) is 4.39 Å². The topological polar surface area (TPSA) is 91.2 Å². The van der Waals surface area contributed by atoms with Gasteiger partial charge in [0.2, 0.25) is 0 Å². The first kappa shape index (κ1) is 17.1. The third-order valence-corrected chi connectivity index (χ3v) is 4.73. The molecule has 1 aromatic heterocycles. The maximum absolute atomic E-state index is 13.1. The van der Waals surface area contributed by atoms with E-state index < -0.39 is 5.82 Å². The molecule has 138 valence electrons. The molecule has 0 radical (unpaired) electrons.